The molecule has 0 aliphatic carbocycles. The standard InChI is InChI=1S/C14H18N2O3S/c1-4-19-9(2)15-11-7-10(18-3)8-12-14(11)16-13(17)5-6-20-12/h7-8H,4-6H2,1-3H3,(H,16,17). The Bertz CT molecular complexity index is 543. The Hall–Kier alpha value is -1.69. The van der Waals surface area contributed by atoms with Gasteiger partial charge in [0.15, 0.2) is 5.90 Å². The van der Waals surface area contributed by atoms with Gasteiger partial charge >= 0.3 is 0 Å². The maximum Gasteiger partial charge on any atom is 0.225 e. The summed E-state index contributed by atoms with van der Waals surface area (Å²) in [5, 5.41) is 2.91. The molecule has 1 amide bonds. The zero-order valence-corrected chi connectivity index (χ0v) is 12.7. The first kappa shape index (κ1) is 14.7. The molecule has 0 spiro atoms. The van der Waals surface area contributed by atoms with Crippen LogP contribution in [0.4, 0.5) is 11.4 Å². The van der Waals surface area contributed by atoms with E-state index in [0.29, 0.717) is 24.6 Å². The van der Waals surface area contributed by atoms with Gasteiger partial charge < -0.3 is 14.8 Å². The third kappa shape index (κ3) is 3.45. The third-order valence-corrected chi connectivity index (χ3v) is 3.81. The Balaban J connectivity index is 2.48. The van der Waals surface area contributed by atoms with Crippen LogP contribution in [-0.2, 0) is 9.53 Å². The van der Waals surface area contributed by atoms with E-state index in [2.05, 4.69) is 10.3 Å². The lowest BCUT2D eigenvalue weighted by molar-refractivity contribution is -0.115. The summed E-state index contributed by atoms with van der Waals surface area (Å²) in [7, 11) is 1.62. The van der Waals surface area contributed by atoms with E-state index in [1.165, 1.54) is 0 Å². The van der Waals surface area contributed by atoms with Gasteiger partial charge in [-0.25, -0.2) is 4.99 Å². The smallest absolute Gasteiger partial charge is 0.225 e. The fraction of sp³-hybridized carbons (Fsp3) is 0.429. The van der Waals surface area contributed by atoms with Crippen LogP contribution in [0, 0.1) is 0 Å². The summed E-state index contributed by atoms with van der Waals surface area (Å²) in [6.45, 7) is 4.26. The fourth-order valence-corrected chi connectivity index (χ4v) is 2.89. The van der Waals surface area contributed by atoms with E-state index in [1.807, 2.05) is 13.0 Å². The minimum Gasteiger partial charge on any atom is -0.497 e. The highest BCUT2D eigenvalue weighted by Gasteiger charge is 2.18. The van der Waals surface area contributed by atoms with E-state index in [9.17, 15) is 4.79 Å². The zero-order chi connectivity index (χ0) is 14.5. The summed E-state index contributed by atoms with van der Waals surface area (Å²) in [4.78, 5) is 17.1. The monoisotopic (exact) mass is 294 g/mol. The Morgan fingerprint density at radius 3 is 3.00 bits per heavy atom. The molecule has 0 aromatic heterocycles. The summed E-state index contributed by atoms with van der Waals surface area (Å²) in [5.74, 6) is 2.04. The predicted octanol–water partition coefficient (Wildman–Crippen LogP) is 3.22. The molecule has 1 aromatic carbocycles. The second-order valence-corrected chi connectivity index (χ2v) is 5.37. The lowest BCUT2D eigenvalue weighted by atomic mass is 10.2. The number of hydrogen-bond acceptors (Lipinski definition) is 5. The highest BCUT2D eigenvalue weighted by Crippen LogP contribution is 2.41. The second-order valence-electron chi connectivity index (χ2n) is 4.23. The maximum absolute atomic E-state index is 11.7. The number of amides is 1. The number of ether oxygens (including phenoxy) is 2. The van der Waals surface area contributed by atoms with Gasteiger partial charge in [0.25, 0.3) is 0 Å². The van der Waals surface area contributed by atoms with Crippen LogP contribution in [0.2, 0.25) is 0 Å². The molecule has 1 aliphatic rings. The minimum atomic E-state index is 0.00642. The highest BCUT2D eigenvalue weighted by atomic mass is 32.2. The van der Waals surface area contributed by atoms with Crippen molar-refractivity contribution in [2.45, 2.75) is 25.2 Å². The molecular formula is C14H18N2O3S. The van der Waals surface area contributed by atoms with E-state index in [1.54, 1.807) is 31.9 Å². The number of nitrogens with one attached hydrogen (secondary N) is 1. The average molecular weight is 294 g/mol. The van der Waals surface area contributed by atoms with Gasteiger partial charge in [0.2, 0.25) is 5.91 Å². The summed E-state index contributed by atoms with van der Waals surface area (Å²) < 4.78 is 10.7. The van der Waals surface area contributed by atoms with Crippen LogP contribution in [0.3, 0.4) is 0 Å². The number of thioether (sulfide) groups is 1. The summed E-state index contributed by atoms with van der Waals surface area (Å²) >= 11 is 1.62. The van der Waals surface area contributed by atoms with Crippen molar-refractivity contribution in [1.29, 1.82) is 0 Å². The highest BCUT2D eigenvalue weighted by molar-refractivity contribution is 7.99. The topological polar surface area (TPSA) is 59.9 Å². The van der Waals surface area contributed by atoms with Crippen molar-refractivity contribution in [2.75, 3.05) is 24.8 Å². The molecule has 6 heteroatoms. The minimum absolute atomic E-state index is 0.00642. The van der Waals surface area contributed by atoms with Gasteiger partial charge in [0.05, 0.1) is 25.1 Å². The fourth-order valence-electron chi connectivity index (χ4n) is 1.89. The van der Waals surface area contributed by atoms with Crippen LogP contribution < -0.4 is 10.1 Å². The number of carbonyl (C=O) groups excluding carboxylic acids is 1. The van der Waals surface area contributed by atoms with Gasteiger partial charge in [0, 0.05) is 30.1 Å². The molecule has 0 fully saturated rings. The van der Waals surface area contributed by atoms with Crippen molar-refractivity contribution in [3.63, 3.8) is 0 Å². The van der Waals surface area contributed by atoms with Crippen molar-refractivity contribution in [3.8, 4) is 5.75 Å². The molecule has 5 nitrogen and oxygen atoms in total. The molecule has 0 radical (unpaired) electrons. The first-order valence-corrected chi connectivity index (χ1v) is 7.45. The molecule has 1 heterocycles. The first-order valence-electron chi connectivity index (χ1n) is 6.46. The Kier molecular flexibility index (Phi) is 4.89. The summed E-state index contributed by atoms with van der Waals surface area (Å²) in [6.07, 6.45) is 0.495. The van der Waals surface area contributed by atoms with Gasteiger partial charge in [-0.15, -0.1) is 11.8 Å². The number of carbonyl (C=O) groups is 1. The van der Waals surface area contributed by atoms with E-state index in [0.717, 1.165) is 22.1 Å². The number of aliphatic imine (C=N–C) groups is 1. The first-order chi connectivity index (χ1) is 9.63. The van der Waals surface area contributed by atoms with Crippen molar-refractivity contribution >= 4 is 34.9 Å². The quantitative estimate of drug-likeness (QED) is 0.687. The second kappa shape index (κ2) is 6.65. The maximum atomic E-state index is 11.7. The lowest BCUT2D eigenvalue weighted by Crippen LogP contribution is -2.10. The molecule has 1 aromatic rings. The number of fused-ring (bicyclic) bond motifs is 1. The van der Waals surface area contributed by atoms with E-state index in [4.69, 9.17) is 9.47 Å². The molecule has 0 bridgehead atoms. The number of benzene rings is 1. The SMILES string of the molecule is CCOC(C)=Nc1cc(OC)cc2c1NC(=O)CCS2. The van der Waals surface area contributed by atoms with Crippen molar-refractivity contribution in [1.82, 2.24) is 0 Å². The van der Waals surface area contributed by atoms with E-state index in [-0.39, 0.29) is 5.91 Å². The summed E-state index contributed by atoms with van der Waals surface area (Å²) in [5.41, 5.74) is 1.39. The molecular weight excluding hydrogens is 276 g/mol. The number of methoxy groups -OCH3 is 1. The molecule has 0 saturated heterocycles. The number of hydrogen-bond donors (Lipinski definition) is 1. The van der Waals surface area contributed by atoms with Gasteiger partial charge in [-0.1, -0.05) is 0 Å². The molecule has 0 atom stereocenters. The van der Waals surface area contributed by atoms with Crippen molar-refractivity contribution in [2.24, 2.45) is 4.99 Å². The Morgan fingerprint density at radius 2 is 2.30 bits per heavy atom. The van der Waals surface area contributed by atoms with Crippen LogP contribution in [0.15, 0.2) is 22.0 Å². The molecule has 0 saturated carbocycles. The number of rotatable bonds is 3. The van der Waals surface area contributed by atoms with Gasteiger partial charge in [-0.2, -0.15) is 0 Å². The number of nitrogens with zero attached hydrogens (tertiary/aromatic N) is 1. The van der Waals surface area contributed by atoms with Crippen molar-refractivity contribution in [3.05, 3.63) is 12.1 Å². The normalized spacial score (nSPS) is 15.2. The van der Waals surface area contributed by atoms with Crippen molar-refractivity contribution < 1.29 is 14.3 Å². The summed E-state index contributed by atoms with van der Waals surface area (Å²) in [6, 6.07) is 3.72. The molecule has 0 unspecified atom stereocenters. The van der Waals surface area contributed by atoms with Crippen LogP contribution in [0.1, 0.15) is 20.3 Å². The van der Waals surface area contributed by atoms with Crippen LogP contribution >= 0.6 is 11.8 Å². The Morgan fingerprint density at radius 1 is 1.50 bits per heavy atom. The molecule has 2 rings (SSSR count). The largest absolute Gasteiger partial charge is 0.497 e. The molecule has 1 aliphatic heterocycles. The van der Waals surface area contributed by atoms with Gasteiger partial charge in [-0.05, 0) is 13.0 Å². The van der Waals surface area contributed by atoms with Gasteiger partial charge in [0.1, 0.15) is 5.75 Å². The number of anilines is 1. The van der Waals surface area contributed by atoms with Crippen LogP contribution in [-0.4, -0.2) is 31.3 Å². The van der Waals surface area contributed by atoms with Crippen LogP contribution in [0.25, 0.3) is 0 Å². The van der Waals surface area contributed by atoms with E-state index >= 15 is 0 Å². The predicted molar refractivity (Wildman–Crippen MR) is 81.4 cm³/mol. The van der Waals surface area contributed by atoms with Gasteiger partial charge in [-0.3, -0.25) is 4.79 Å². The Labute approximate surface area is 122 Å². The molecule has 108 valence electrons. The van der Waals surface area contributed by atoms with Crippen LogP contribution in [0.5, 0.6) is 5.75 Å². The zero-order valence-electron chi connectivity index (χ0n) is 11.9. The molecule has 1 N–H and O–H groups in total. The average Bonchev–Trinajstić information content (AvgIpc) is 2.60. The molecule has 20 heavy (non-hydrogen) atoms. The van der Waals surface area contributed by atoms with E-state index < -0.39 is 0 Å². The lowest BCUT2D eigenvalue weighted by Gasteiger charge is -2.12. The third-order valence-electron chi connectivity index (χ3n) is 2.77.